The van der Waals surface area contributed by atoms with Gasteiger partial charge in [-0.25, -0.2) is 0 Å². The molecule has 2 aromatic rings. The van der Waals surface area contributed by atoms with Crippen LogP contribution < -0.4 is 11.1 Å². The van der Waals surface area contributed by atoms with Gasteiger partial charge in [0, 0.05) is 26.6 Å². The van der Waals surface area contributed by atoms with Crippen molar-refractivity contribution < 1.29 is 13.2 Å². The number of nitrogens with two attached hydrogens (primary N) is 1. The summed E-state index contributed by atoms with van der Waals surface area (Å²) in [5.41, 5.74) is 7.36. The zero-order valence-corrected chi connectivity index (χ0v) is 11.6. The molecule has 1 aromatic heterocycles. The predicted octanol–water partition coefficient (Wildman–Crippen LogP) is 2.40. The van der Waals surface area contributed by atoms with Crippen LogP contribution in [0.15, 0.2) is 30.5 Å². The summed E-state index contributed by atoms with van der Waals surface area (Å²) in [4.78, 5) is 0. The lowest BCUT2D eigenvalue weighted by molar-refractivity contribution is -0.137. The fourth-order valence-electron chi connectivity index (χ4n) is 2.03. The van der Waals surface area contributed by atoms with Gasteiger partial charge >= 0.3 is 6.18 Å². The first-order valence-electron chi connectivity index (χ1n) is 6.52. The van der Waals surface area contributed by atoms with Gasteiger partial charge in [0.25, 0.3) is 0 Å². The highest BCUT2D eigenvalue weighted by atomic mass is 19.4. The van der Waals surface area contributed by atoms with Gasteiger partial charge in [-0.3, -0.25) is 4.68 Å². The van der Waals surface area contributed by atoms with E-state index in [1.54, 1.807) is 17.9 Å². The quantitative estimate of drug-likeness (QED) is 0.891. The maximum Gasteiger partial charge on any atom is 0.416 e. The molecule has 3 N–H and O–H groups in total. The molecule has 0 atom stereocenters. The molecule has 0 saturated heterocycles. The third kappa shape index (κ3) is 3.75. The number of nitrogens with zero attached hydrogens (tertiary/aromatic N) is 2. The molecule has 0 aliphatic carbocycles. The molecule has 2 rings (SSSR count). The number of rotatable bonds is 5. The van der Waals surface area contributed by atoms with Crippen molar-refractivity contribution in [2.75, 3.05) is 18.4 Å². The van der Waals surface area contributed by atoms with Gasteiger partial charge < -0.3 is 11.1 Å². The van der Waals surface area contributed by atoms with Crippen molar-refractivity contribution in [3.05, 3.63) is 47.3 Å². The topological polar surface area (TPSA) is 55.9 Å². The molecule has 1 aromatic carbocycles. The van der Waals surface area contributed by atoms with Gasteiger partial charge in [0.15, 0.2) is 0 Å². The SMILES string of the molecule is Cn1ncc(NCCN)c1Cc1ccc(C(F)(F)F)cc1. The second-order valence-corrected chi connectivity index (χ2v) is 4.72. The number of hydrogen-bond acceptors (Lipinski definition) is 3. The van der Waals surface area contributed by atoms with Gasteiger partial charge in [0.1, 0.15) is 0 Å². The number of anilines is 1. The van der Waals surface area contributed by atoms with Gasteiger partial charge in [0.05, 0.1) is 23.1 Å². The van der Waals surface area contributed by atoms with Crippen LogP contribution in [0.25, 0.3) is 0 Å². The van der Waals surface area contributed by atoms with Crippen LogP contribution in [0.1, 0.15) is 16.8 Å². The number of halogens is 3. The van der Waals surface area contributed by atoms with Gasteiger partial charge in [-0.1, -0.05) is 12.1 Å². The Morgan fingerprint density at radius 3 is 2.48 bits per heavy atom. The molecule has 4 nitrogen and oxygen atoms in total. The van der Waals surface area contributed by atoms with E-state index in [1.165, 1.54) is 12.1 Å². The molecular formula is C14H17F3N4. The van der Waals surface area contributed by atoms with E-state index in [9.17, 15) is 13.2 Å². The molecule has 0 saturated carbocycles. The van der Waals surface area contributed by atoms with E-state index < -0.39 is 11.7 Å². The molecule has 0 unspecified atom stereocenters. The summed E-state index contributed by atoms with van der Waals surface area (Å²) in [5.74, 6) is 0. The van der Waals surface area contributed by atoms with E-state index in [1.807, 2.05) is 0 Å². The summed E-state index contributed by atoms with van der Waals surface area (Å²) in [5, 5.41) is 7.31. The van der Waals surface area contributed by atoms with Gasteiger partial charge in [-0.05, 0) is 17.7 Å². The first-order chi connectivity index (χ1) is 9.91. The second-order valence-electron chi connectivity index (χ2n) is 4.72. The van der Waals surface area contributed by atoms with Gasteiger partial charge in [-0.15, -0.1) is 0 Å². The Bertz CT molecular complexity index is 587. The Morgan fingerprint density at radius 2 is 1.90 bits per heavy atom. The molecule has 0 radical (unpaired) electrons. The molecule has 1 heterocycles. The lowest BCUT2D eigenvalue weighted by Crippen LogP contribution is -2.14. The van der Waals surface area contributed by atoms with Crippen LogP contribution in [0, 0.1) is 0 Å². The van der Waals surface area contributed by atoms with Crippen LogP contribution in [0.4, 0.5) is 18.9 Å². The fourth-order valence-corrected chi connectivity index (χ4v) is 2.03. The molecule has 0 spiro atoms. The second kappa shape index (κ2) is 6.17. The van der Waals surface area contributed by atoms with Crippen molar-refractivity contribution in [1.82, 2.24) is 9.78 Å². The highest BCUT2D eigenvalue weighted by Gasteiger charge is 2.29. The summed E-state index contributed by atoms with van der Waals surface area (Å²) in [6.45, 7) is 1.11. The highest BCUT2D eigenvalue weighted by Crippen LogP contribution is 2.29. The monoisotopic (exact) mass is 298 g/mol. The van der Waals surface area contributed by atoms with Crippen LogP contribution in [-0.4, -0.2) is 22.9 Å². The van der Waals surface area contributed by atoms with Crippen molar-refractivity contribution >= 4 is 5.69 Å². The first-order valence-corrected chi connectivity index (χ1v) is 6.52. The number of aromatic nitrogens is 2. The third-order valence-corrected chi connectivity index (χ3v) is 3.17. The molecule has 114 valence electrons. The molecule has 0 amide bonds. The van der Waals surface area contributed by atoms with Crippen LogP contribution in [0.5, 0.6) is 0 Å². The summed E-state index contributed by atoms with van der Waals surface area (Å²) < 4.78 is 39.3. The number of benzene rings is 1. The standard InChI is InChI=1S/C14H17F3N4/c1-21-13(12(9-20-21)19-7-6-18)8-10-2-4-11(5-3-10)14(15,16)17/h2-5,9,19H,6-8,18H2,1H3. The highest BCUT2D eigenvalue weighted by molar-refractivity contribution is 5.48. The zero-order chi connectivity index (χ0) is 15.5. The lowest BCUT2D eigenvalue weighted by Gasteiger charge is -2.10. The predicted molar refractivity (Wildman–Crippen MR) is 75.0 cm³/mol. The average molecular weight is 298 g/mol. The normalized spacial score (nSPS) is 11.7. The Kier molecular flexibility index (Phi) is 4.52. The Morgan fingerprint density at radius 1 is 1.24 bits per heavy atom. The van der Waals surface area contributed by atoms with Crippen molar-refractivity contribution in [2.45, 2.75) is 12.6 Å². The van der Waals surface area contributed by atoms with Crippen molar-refractivity contribution in [3.8, 4) is 0 Å². The summed E-state index contributed by atoms with van der Waals surface area (Å²) in [7, 11) is 1.80. The zero-order valence-electron chi connectivity index (χ0n) is 11.6. The molecule has 21 heavy (non-hydrogen) atoms. The van der Waals surface area contributed by atoms with Crippen molar-refractivity contribution in [2.24, 2.45) is 12.8 Å². The number of alkyl halides is 3. The molecule has 0 aliphatic rings. The minimum atomic E-state index is -4.31. The van der Waals surface area contributed by atoms with Crippen LogP contribution in [0.2, 0.25) is 0 Å². The number of aryl methyl sites for hydroxylation is 1. The molecule has 0 fully saturated rings. The van der Waals surface area contributed by atoms with Gasteiger partial charge in [0.2, 0.25) is 0 Å². The van der Waals surface area contributed by atoms with Crippen LogP contribution >= 0.6 is 0 Å². The molecule has 0 bridgehead atoms. The maximum atomic E-state index is 12.5. The Labute approximate surface area is 120 Å². The fraction of sp³-hybridized carbons (Fsp3) is 0.357. The summed E-state index contributed by atoms with van der Waals surface area (Å²) >= 11 is 0. The Hall–Kier alpha value is -2.02. The van der Waals surface area contributed by atoms with E-state index in [-0.39, 0.29) is 0 Å². The van der Waals surface area contributed by atoms with Crippen LogP contribution in [-0.2, 0) is 19.6 Å². The number of nitrogens with one attached hydrogen (secondary N) is 1. The minimum absolute atomic E-state index is 0.495. The average Bonchev–Trinajstić information content (AvgIpc) is 2.77. The smallest absolute Gasteiger partial charge is 0.381 e. The van der Waals surface area contributed by atoms with Gasteiger partial charge in [-0.2, -0.15) is 18.3 Å². The maximum absolute atomic E-state index is 12.5. The number of hydrogen-bond donors (Lipinski definition) is 2. The Balaban J connectivity index is 2.16. The third-order valence-electron chi connectivity index (χ3n) is 3.17. The first kappa shape index (κ1) is 15.4. The van der Waals surface area contributed by atoms with E-state index in [0.717, 1.165) is 29.1 Å². The summed E-state index contributed by atoms with van der Waals surface area (Å²) in [6.07, 6.45) is -2.12. The molecular weight excluding hydrogens is 281 g/mol. The molecule has 7 heteroatoms. The van der Waals surface area contributed by atoms with E-state index in [2.05, 4.69) is 10.4 Å². The van der Waals surface area contributed by atoms with E-state index in [0.29, 0.717) is 19.5 Å². The minimum Gasteiger partial charge on any atom is -0.381 e. The van der Waals surface area contributed by atoms with Crippen LogP contribution in [0.3, 0.4) is 0 Å². The summed E-state index contributed by atoms with van der Waals surface area (Å²) in [6, 6.07) is 5.17. The van der Waals surface area contributed by atoms with Crippen molar-refractivity contribution in [3.63, 3.8) is 0 Å². The van der Waals surface area contributed by atoms with E-state index in [4.69, 9.17) is 5.73 Å². The lowest BCUT2D eigenvalue weighted by atomic mass is 10.1. The van der Waals surface area contributed by atoms with E-state index >= 15 is 0 Å². The van der Waals surface area contributed by atoms with Crippen molar-refractivity contribution in [1.29, 1.82) is 0 Å². The largest absolute Gasteiger partial charge is 0.416 e. The molecule has 0 aliphatic heterocycles.